The van der Waals surface area contributed by atoms with Crippen LogP contribution in [0.5, 0.6) is 0 Å². The number of hydrogen-bond donors (Lipinski definition) is 1. The van der Waals surface area contributed by atoms with Gasteiger partial charge in [0.25, 0.3) is 0 Å². The highest BCUT2D eigenvalue weighted by Crippen LogP contribution is 1.96. The van der Waals surface area contributed by atoms with Crippen LogP contribution in [-0.4, -0.2) is 29.7 Å². The van der Waals surface area contributed by atoms with Crippen LogP contribution in [0, 0.1) is 0 Å². The van der Waals surface area contributed by atoms with Crippen molar-refractivity contribution in [2.45, 2.75) is 6.92 Å². The van der Waals surface area contributed by atoms with Crippen molar-refractivity contribution in [3.8, 4) is 0 Å². The number of amides is 3. The van der Waals surface area contributed by atoms with E-state index in [0.717, 1.165) is 5.01 Å². The van der Waals surface area contributed by atoms with Gasteiger partial charge in [0.2, 0.25) is 5.91 Å². The summed E-state index contributed by atoms with van der Waals surface area (Å²) in [4.78, 5) is 21.1. The van der Waals surface area contributed by atoms with Gasteiger partial charge >= 0.3 is 6.03 Å². The topological polar surface area (TPSA) is 61.8 Å². The lowest BCUT2D eigenvalue weighted by molar-refractivity contribution is -0.118. The van der Waals surface area contributed by atoms with E-state index >= 15 is 0 Å². The maximum absolute atomic E-state index is 10.7. The summed E-state index contributed by atoms with van der Waals surface area (Å²) in [5, 5.41) is 6.79. The first-order valence-electron chi connectivity index (χ1n) is 2.84. The van der Waals surface area contributed by atoms with Crippen molar-refractivity contribution in [1.82, 2.24) is 10.3 Å². The van der Waals surface area contributed by atoms with Crippen molar-refractivity contribution in [3.63, 3.8) is 0 Å². The van der Waals surface area contributed by atoms with Gasteiger partial charge in [-0.25, -0.2) is 9.80 Å². The van der Waals surface area contributed by atoms with Gasteiger partial charge < -0.3 is 0 Å². The molecule has 0 aliphatic carbocycles. The normalized spacial score (nSPS) is 18.7. The average Bonchev–Trinajstić information content (AvgIpc) is 2.13. The van der Waals surface area contributed by atoms with Gasteiger partial charge in [0.05, 0.1) is 0 Å². The minimum Gasteiger partial charge on any atom is -0.275 e. The summed E-state index contributed by atoms with van der Waals surface area (Å²) in [6.45, 7) is 1.71. The van der Waals surface area contributed by atoms with Gasteiger partial charge in [-0.2, -0.15) is 5.10 Å². The second-order valence-corrected chi connectivity index (χ2v) is 1.78. The molecule has 1 saturated heterocycles. The minimum absolute atomic E-state index is 0.0309. The van der Waals surface area contributed by atoms with E-state index in [1.54, 1.807) is 6.92 Å². The molecule has 0 aromatic heterocycles. The lowest BCUT2D eigenvalue weighted by Gasteiger charge is -2.01. The molecule has 1 aliphatic heterocycles. The van der Waals surface area contributed by atoms with Crippen molar-refractivity contribution in [1.29, 1.82) is 0 Å². The van der Waals surface area contributed by atoms with E-state index < -0.39 is 6.03 Å². The molecule has 10 heavy (non-hydrogen) atoms. The molecule has 1 fully saturated rings. The highest BCUT2D eigenvalue weighted by atomic mass is 16.2. The summed E-state index contributed by atoms with van der Waals surface area (Å²) in [6, 6.07) is -0.455. The lowest BCUT2D eigenvalue weighted by atomic mass is 10.6. The van der Waals surface area contributed by atoms with Crippen LogP contribution in [0.2, 0.25) is 0 Å². The monoisotopic (exact) mass is 141 g/mol. The molecule has 0 aromatic carbocycles. The number of hydrazone groups is 1. The van der Waals surface area contributed by atoms with Crippen LogP contribution >= 0.6 is 0 Å². The van der Waals surface area contributed by atoms with Gasteiger partial charge in [0.1, 0.15) is 6.54 Å². The smallest absolute Gasteiger partial charge is 0.275 e. The molecule has 3 amide bonds. The summed E-state index contributed by atoms with van der Waals surface area (Å²) >= 11 is 0. The molecule has 0 bridgehead atoms. The molecule has 0 atom stereocenters. The molecule has 0 saturated carbocycles. The van der Waals surface area contributed by atoms with Gasteiger partial charge in [0.15, 0.2) is 0 Å². The number of hydrogen-bond acceptors (Lipinski definition) is 3. The second-order valence-electron chi connectivity index (χ2n) is 1.78. The number of rotatable bonds is 1. The van der Waals surface area contributed by atoms with Crippen LogP contribution in [0.15, 0.2) is 5.10 Å². The summed E-state index contributed by atoms with van der Waals surface area (Å²) in [5.74, 6) is -0.310. The molecule has 5 nitrogen and oxygen atoms in total. The standard InChI is InChI=1S/C5H7N3O2/c1-2-6-8-3-4(9)7-5(8)10/h2H,3H2,1H3,(H,7,9,10)/b6-2+. The largest absolute Gasteiger partial charge is 0.344 e. The van der Waals surface area contributed by atoms with Crippen LogP contribution in [0.3, 0.4) is 0 Å². The summed E-state index contributed by atoms with van der Waals surface area (Å²) < 4.78 is 0. The van der Waals surface area contributed by atoms with E-state index in [0.29, 0.717) is 0 Å². The molecule has 0 radical (unpaired) electrons. The Labute approximate surface area is 57.7 Å². The lowest BCUT2D eigenvalue weighted by Crippen LogP contribution is -2.23. The highest BCUT2D eigenvalue weighted by Gasteiger charge is 2.25. The zero-order valence-corrected chi connectivity index (χ0v) is 5.50. The first-order valence-corrected chi connectivity index (χ1v) is 2.84. The third-order valence-corrected chi connectivity index (χ3v) is 1.03. The predicted octanol–water partition coefficient (Wildman–Crippen LogP) is -0.456. The number of urea groups is 1. The zero-order chi connectivity index (χ0) is 7.56. The van der Waals surface area contributed by atoms with E-state index in [2.05, 4.69) is 10.4 Å². The Bertz CT molecular complexity index is 199. The Kier molecular flexibility index (Phi) is 1.66. The van der Waals surface area contributed by atoms with E-state index in [1.807, 2.05) is 0 Å². The molecule has 1 aliphatic rings. The fraction of sp³-hybridized carbons (Fsp3) is 0.400. The van der Waals surface area contributed by atoms with Crippen LogP contribution < -0.4 is 5.32 Å². The van der Waals surface area contributed by atoms with E-state index in [1.165, 1.54) is 6.21 Å². The Balaban J connectivity index is 2.63. The van der Waals surface area contributed by atoms with Gasteiger partial charge in [-0.3, -0.25) is 10.1 Å². The molecule has 54 valence electrons. The molecule has 0 unspecified atom stereocenters. The Morgan fingerprint density at radius 3 is 2.80 bits per heavy atom. The molecule has 0 spiro atoms. The van der Waals surface area contributed by atoms with Crippen molar-refractivity contribution in [3.05, 3.63) is 0 Å². The van der Waals surface area contributed by atoms with Gasteiger partial charge in [-0.15, -0.1) is 0 Å². The number of carbonyl (C=O) groups is 2. The molecular weight excluding hydrogens is 134 g/mol. The van der Waals surface area contributed by atoms with E-state index in [9.17, 15) is 9.59 Å². The molecule has 0 aromatic rings. The van der Waals surface area contributed by atoms with Crippen molar-refractivity contribution in [2.75, 3.05) is 6.54 Å². The summed E-state index contributed by atoms with van der Waals surface area (Å²) in [6.07, 6.45) is 1.46. The molecular formula is C5H7N3O2. The summed E-state index contributed by atoms with van der Waals surface area (Å²) in [7, 11) is 0. The fourth-order valence-electron chi connectivity index (χ4n) is 0.664. The maximum atomic E-state index is 10.7. The molecule has 1 heterocycles. The minimum atomic E-state index is -0.455. The number of nitrogens with one attached hydrogen (secondary N) is 1. The second kappa shape index (κ2) is 2.47. The number of nitrogens with zero attached hydrogens (tertiary/aromatic N) is 2. The third kappa shape index (κ3) is 1.12. The zero-order valence-electron chi connectivity index (χ0n) is 5.50. The molecule has 5 heteroatoms. The number of carbonyl (C=O) groups excluding carboxylic acids is 2. The van der Waals surface area contributed by atoms with Crippen LogP contribution in [0.4, 0.5) is 4.79 Å². The summed E-state index contributed by atoms with van der Waals surface area (Å²) in [5.41, 5.74) is 0. The Morgan fingerprint density at radius 1 is 1.70 bits per heavy atom. The Hall–Kier alpha value is -1.39. The van der Waals surface area contributed by atoms with Gasteiger partial charge in [0, 0.05) is 6.21 Å². The fourth-order valence-corrected chi connectivity index (χ4v) is 0.664. The Morgan fingerprint density at radius 2 is 2.40 bits per heavy atom. The maximum Gasteiger partial charge on any atom is 0.344 e. The molecule has 1 N–H and O–H groups in total. The van der Waals surface area contributed by atoms with E-state index in [-0.39, 0.29) is 12.5 Å². The van der Waals surface area contributed by atoms with E-state index in [4.69, 9.17) is 0 Å². The quantitative estimate of drug-likeness (QED) is 0.397. The highest BCUT2D eigenvalue weighted by molar-refractivity contribution is 6.01. The SMILES string of the molecule is C/C=N/N1CC(=O)NC1=O. The van der Waals surface area contributed by atoms with Crippen molar-refractivity contribution in [2.24, 2.45) is 5.10 Å². The van der Waals surface area contributed by atoms with Crippen LogP contribution in [0.1, 0.15) is 6.92 Å². The average molecular weight is 141 g/mol. The number of imide groups is 1. The molecule has 1 rings (SSSR count). The third-order valence-electron chi connectivity index (χ3n) is 1.03. The van der Waals surface area contributed by atoms with Gasteiger partial charge in [-0.1, -0.05) is 0 Å². The van der Waals surface area contributed by atoms with Gasteiger partial charge in [-0.05, 0) is 6.92 Å². The predicted molar refractivity (Wildman–Crippen MR) is 34.4 cm³/mol. The first-order chi connectivity index (χ1) is 4.74. The first kappa shape index (κ1) is 6.73. The van der Waals surface area contributed by atoms with Crippen LogP contribution in [-0.2, 0) is 4.79 Å². The van der Waals surface area contributed by atoms with Crippen molar-refractivity contribution < 1.29 is 9.59 Å². The van der Waals surface area contributed by atoms with Crippen molar-refractivity contribution >= 4 is 18.2 Å². The van der Waals surface area contributed by atoms with Crippen LogP contribution in [0.25, 0.3) is 0 Å².